The first-order valence-electron chi connectivity index (χ1n) is 4.67. The zero-order valence-electron chi connectivity index (χ0n) is 8.35. The van der Waals surface area contributed by atoms with Gasteiger partial charge in [-0.15, -0.1) is 0 Å². The van der Waals surface area contributed by atoms with Gasteiger partial charge in [0.05, 0.1) is 18.8 Å². The van der Waals surface area contributed by atoms with Gasteiger partial charge in [-0.25, -0.2) is 0 Å². The fraction of sp³-hybridized carbons (Fsp3) is 0.778. The van der Waals surface area contributed by atoms with E-state index in [1.54, 1.807) is 0 Å². The predicted molar refractivity (Wildman–Crippen MR) is 48.5 cm³/mol. The zero-order chi connectivity index (χ0) is 10.4. The monoisotopic (exact) mass is 198 g/mol. The molecule has 2 aliphatic rings. The Bertz CT molecular complexity index is 300. The molecule has 0 aliphatic carbocycles. The molecule has 0 radical (unpaired) electrons. The number of amides is 2. The lowest BCUT2D eigenvalue weighted by Crippen LogP contribution is -2.66. The molecule has 0 aromatic heterocycles. The van der Waals surface area contributed by atoms with E-state index < -0.39 is 5.54 Å². The van der Waals surface area contributed by atoms with E-state index in [1.807, 2.05) is 13.8 Å². The highest BCUT2D eigenvalue weighted by Gasteiger charge is 2.51. The van der Waals surface area contributed by atoms with Crippen LogP contribution in [0.15, 0.2) is 0 Å². The highest BCUT2D eigenvalue weighted by molar-refractivity contribution is 6.03. The molecule has 14 heavy (non-hydrogen) atoms. The lowest BCUT2D eigenvalue weighted by atomic mass is 9.88. The van der Waals surface area contributed by atoms with Crippen molar-refractivity contribution in [2.75, 3.05) is 13.2 Å². The van der Waals surface area contributed by atoms with Crippen molar-refractivity contribution in [1.29, 1.82) is 0 Å². The van der Waals surface area contributed by atoms with Gasteiger partial charge in [-0.3, -0.25) is 20.2 Å². The molecule has 2 heterocycles. The molecule has 0 aromatic carbocycles. The summed E-state index contributed by atoms with van der Waals surface area (Å²) in [5, 5.41) is 5.29. The summed E-state index contributed by atoms with van der Waals surface area (Å²) in [6.07, 6.45) is 0.596. The maximum atomic E-state index is 11.6. The second-order valence-corrected chi connectivity index (χ2v) is 4.54. The minimum atomic E-state index is -0.697. The number of nitrogens with one attached hydrogen (secondary N) is 2. The van der Waals surface area contributed by atoms with Gasteiger partial charge < -0.3 is 4.74 Å². The summed E-state index contributed by atoms with van der Waals surface area (Å²) < 4.78 is 5.50. The molecule has 0 aromatic rings. The fourth-order valence-electron chi connectivity index (χ4n) is 2.03. The third kappa shape index (κ3) is 1.42. The Labute approximate surface area is 82.2 Å². The lowest BCUT2D eigenvalue weighted by Gasteiger charge is -2.31. The van der Waals surface area contributed by atoms with Crippen molar-refractivity contribution in [3.8, 4) is 0 Å². The topological polar surface area (TPSA) is 67.4 Å². The zero-order valence-corrected chi connectivity index (χ0v) is 8.35. The van der Waals surface area contributed by atoms with E-state index in [4.69, 9.17) is 4.74 Å². The average molecular weight is 198 g/mol. The van der Waals surface area contributed by atoms with Crippen molar-refractivity contribution in [3.05, 3.63) is 0 Å². The SMILES string of the molecule is CC1(C)CC2(CO1)NCC(=O)NC2=O. The smallest absolute Gasteiger partial charge is 0.249 e. The first-order chi connectivity index (χ1) is 6.44. The summed E-state index contributed by atoms with van der Waals surface area (Å²) in [5.41, 5.74) is -0.998. The van der Waals surface area contributed by atoms with Crippen LogP contribution in [0.5, 0.6) is 0 Å². The summed E-state index contributed by atoms with van der Waals surface area (Å²) in [5.74, 6) is -0.537. The van der Waals surface area contributed by atoms with Crippen LogP contribution in [0.3, 0.4) is 0 Å². The van der Waals surface area contributed by atoms with Crippen molar-refractivity contribution < 1.29 is 14.3 Å². The number of piperazine rings is 1. The van der Waals surface area contributed by atoms with Gasteiger partial charge in [0.2, 0.25) is 11.8 Å². The number of carbonyl (C=O) groups is 2. The maximum absolute atomic E-state index is 11.6. The number of hydrogen-bond donors (Lipinski definition) is 2. The minimum absolute atomic E-state index is 0.186. The van der Waals surface area contributed by atoms with Crippen LogP contribution in [0.1, 0.15) is 20.3 Å². The second-order valence-electron chi connectivity index (χ2n) is 4.54. The number of ether oxygens (including phenoxy) is 1. The van der Waals surface area contributed by atoms with Crippen LogP contribution >= 0.6 is 0 Å². The summed E-state index contributed by atoms with van der Waals surface area (Å²) in [6, 6.07) is 0. The Morgan fingerprint density at radius 2 is 2.07 bits per heavy atom. The normalized spacial score (nSPS) is 36.1. The predicted octanol–water partition coefficient (Wildman–Crippen LogP) is -0.830. The van der Waals surface area contributed by atoms with Gasteiger partial charge in [-0.1, -0.05) is 0 Å². The van der Waals surface area contributed by atoms with E-state index in [2.05, 4.69) is 10.6 Å². The maximum Gasteiger partial charge on any atom is 0.249 e. The molecule has 5 heteroatoms. The van der Waals surface area contributed by atoms with E-state index in [-0.39, 0.29) is 24.0 Å². The van der Waals surface area contributed by atoms with Crippen molar-refractivity contribution in [2.45, 2.75) is 31.4 Å². The van der Waals surface area contributed by atoms with Gasteiger partial charge in [0.25, 0.3) is 0 Å². The molecule has 2 N–H and O–H groups in total. The van der Waals surface area contributed by atoms with Crippen LogP contribution in [-0.4, -0.2) is 36.1 Å². The van der Waals surface area contributed by atoms with Gasteiger partial charge in [-0.05, 0) is 13.8 Å². The third-order valence-electron chi connectivity index (χ3n) is 2.71. The van der Waals surface area contributed by atoms with E-state index >= 15 is 0 Å². The summed E-state index contributed by atoms with van der Waals surface area (Å²) in [6.45, 7) is 4.39. The molecule has 78 valence electrons. The molecule has 2 rings (SSSR count). The van der Waals surface area contributed by atoms with Crippen molar-refractivity contribution in [1.82, 2.24) is 10.6 Å². The average Bonchev–Trinajstić information content (AvgIpc) is 2.38. The highest BCUT2D eigenvalue weighted by Crippen LogP contribution is 2.33. The van der Waals surface area contributed by atoms with Crippen molar-refractivity contribution in [3.63, 3.8) is 0 Å². The van der Waals surface area contributed by atoms with Gasteiger partial charge in [-0.2, -0.15) is 0 Å². The summed E-state index contributed by atoms with van der Waals surface area (Å²) in [7, 11) is 0. The molecule has 1 spiro atoms. The molecule has 2 aliphatic heterocycles. The van der Waals surface area contributed by atoms with Crippen LogP contribution in [0.4, 0.5) is 0 Å². The Morgan fingerprint density at radius 3 is 2.57 bits per heavy atom. The molecular formula is C9H14N2O3. The van der Waals surface area contributed by atoms with Crippen LogP contribution in [0, 0.1) is 0 Å². The molecule has 2 amide bonds. The van der Waals surface area contributed by atoms with Gasteiger partial charge in [0.1, 0.15) is 5.54 Å². The quantitative estimate of drug-likeness (QED) is 0.498. The van der Waals surface area contributed by atoms with Gasteiger partial charge in [0.15, 0.2) is 0 Å². The molecule has 0 bridgehead atoms. The molecule has 1 atom stereocenters. The van der Waals surface area contributed by atoms with E-state index in [0.29, 0.717) is 13.0 Å². The van der Waals surface area contributed by atoms with Crippen LogP contribution in [-0.2, 0) is 14.3 Å². The number of rotatable bonds is 0. The first kappa shape index (κ1) is 9.61. The second kappa shape index (κ2) is 2.77. The number of hydrogen-bond acceptors (Lipinski definition) is 4. The standard InChI is InChI=1S/C9H14N2O3/c1-8(2)4-9(5-14-8)7(13)11-6(12)3-10-9/h10H,3-5H2,1-2H3,(H,11,12,13). The molecule has 2 fully saturated rings. The van der Waals surface area contributed by atoms with Crippen LogP contribution in [0.2, 0.25) is 0 Å². The minimum Gasteiger partial charge on any atom is -0.373 e. The van der Waals surface area contributed by atoms with Crippen LogP contribution < -0.4 is 10.6 Å². The Hall–Kier alpha value is -0.940. The van der Waals surface area contributed by atoms with Crippen LogP contribution in [0.25, 0.3) is 0 Å². The van der Waals surface area contributed by atoms with Gasteiger partial charge >= 0.3 is 0 Å². The number of imide groups is 1. The van der Waals surface area contributed by atoms with E-state index in [1.165, 1.54) is 0 Å². The van der Waals surface area contributed by atoms with E-state index in [9.17, 15) is 9.59 Å². The Morgan fingerprint density at radius 1 is 1.36 bits per heavy atom. The van der Waals surface area contributed by atoms with E-state index in [0.717, 1.165) is 0 Å². The largest absolute Gasteiger partial charge is 0.373 e. The highest BCUT2D eigenvalue weighted by atomic mass is 16.5. The van der Waals surface area contributed by atoms with Crippen molar-refractivity contribution >= 4 is 11.8 Å². The van der Waals surface area contributed by atoms with Crippen molar-refractivity contribution in [2.24, 2.45) is 0 Å². The summed E-state index contributed by atoms with van der Waals surface area (Å²) >= 11 is 0. The molecule has 0 saturated carbocycles. The third-order valence-corrected chi connectivity index (χ3v) is 2.71. The number of carbonyl (C=O) groups excluding carboxylic acids is 2. The fourth-order valence-corrected chi connectivity index (χ4v) is 2.03. The molecule has 5 nitrogen and oxygen atoms in total. The molecular weight excluding hydrogens is 184 g/mol. The Kier molecular flexibility index (Phi) is 1.90. The molecule has 1 unspecified atom stereocenters. The summed E-state index contributed by atoms with van der Waals surface area (Å²) in [4.78, 5) is 22.6. The lowest BCUT2D eigenvalue weighted by molar-refractivity contribution is -0.138. The Balaban J connectivity index is 2.18. The molecule has 2 saturated heterocycles. The first-order valence-corrected chi connectivity index (χ1v) is 4.67. The van der Waals surface area contributed by atoms with Gasteiger partial charge in [0, 0.05) is 6.42 Å².